The molecule has 3 rings (SSSR count). The zero-order valence-corrected chi connectivity index (χ0v) is 12.8. The molecule has 1 aromatic carbocycles. The van der Waals surface area contributed by atoms with Gasteiger partial charge < -0.3 is 5.32 Å². The number of hydrogen-bond acceptors (Lipinski definition) is 2. The van der Waals surface area contributed by atoms with Gasteiger partial charge in [0, 0.05) is 6.20 Å². The summed E-state index contributed by atoms with van der Waals surface area (Å²) in [7, 11) is 0. The molecule has 0 spiro atoms. The van der Waals surface area contributed by atoms with Crippen molar-refractivity contribution in [2.75, 3.05) is 6.54 Å². The highest BCUT2D eigenvalue weighted by Crippen LogP contribution is 2.37. The lowest BCUT2D eigenvalue weighted by Crippen LogP contribution is -2.24. The molecule has 0 amide bonds. The number of nitrogens with one attached hydrogen (secondary N) is 1. The number of rotatable bonds is 6. The number of benzene rings is 1. The highest BCUT2D eigenvalue weighted by Gasteiger charge is 2.21. The first kappa shape index (κ1) is 14.3. The lowest BCUT2D eigenvalue weighted by atomic mass is 9.79. The topological polar surface area (TPSA) is 24.9 Å². The van der Waals surface area contributed by atoms with Gasteiger partial charge in [0.15, 0.2) is 0 Å². The third-order valence-electron chi connectivity index (χ3n) is 4.40. The van der Waals surface area contributed by atoms with Gasteiger partial charge >= 0.3 is 0 Å². The quantitative estimate of drug-likeness (QED) is 0.846. The molecule has 2 heteroatoms. The Kier molecular flexibility index (Phi) is 4.66. The minimum Gasteiger partial charge on any atom is -0.305 e. The Morgan fingerprint density at radius 2 is 2.10 bits per heavy atom. The zero-order chi connectivity index (χ0) is 14.5. The fraction of sp³-hybridized carbons (Fsp3) is 0.421. The number of pyridine rings is 1. The van der Waals surface area contributed by atoms with Gasteiger partial charge in [-0.05, 0) is 55.0 Å². The van der Waals surface area contributed by atoms with E-state index in [1.807, 2.05) is 12.3 Å². The van der Waals surface area contributed by atoms with Crippen LogP contribution in [-0.2, 0) is 0 Å². The molecule has 0 aliphatic heterocycles. The van der Waals surface area contributed by atoms with Crippen molar-refractivity contribution in [3.8, 4) is 0 Å². The maximum Gasteiger partial charge on any atom is 0.0751 e. The van der Waals surface area contributed by atoms with E-state index < -0.39 is 0 Å². The van der Waals surface area contributed by atoms with Crippen LogP contribution in [0.1, 0.15) is 61.4 Å². The second kappa shape index (κ2) is 6.86. The largest absolute Gasteiger partial charge is 0.305 e. The molecule has 1 aliphatic rings. The van der Waals surface area contributed by atoms with E-state index in [-0.39, 0.29) is 6.04 Å². The van der Waals surface area contributed by atoms with E-state index in [4.69, 9.17) is 0 Å². The van der Waals surface area contributed by atoms with E-state index >= 15 is 0 Å². The van der Waals surface area contributed by atoms with E-state index in [0.717, 1.165) is 24.6 Å². The van der Waals surface area contributed by atoms with Crippen molar-refractivity contribution < 1.29 is 0 Å². The summed E-state index contributed by atoms with van der Waals surface area (Å²) in [6.07, 6.45) is 7.09. The fourth-order valence-corrected chi connectivity index (χ4v) is 2.96. The Balaban J connectivity index is 1.88. The van der Waals surface area contributed by atoms with Gasteiger partial charge in [0.2, 0.25) is 0 Å². The minimum absolute atomic E-state index is 0.200. The molecule has 1 saturated carbocycles. The monoisotopic (exact) mass is 280 g/mol. The van der Waals surface area contributed by atoms with Gasteiger partial charge in [-0.3, -0.25) is 4.98 Å². The van der Waals surface area contributed by atoms with Crippen LogP contribution < -0.4 is 5.32 Å². The molecule has 1 fully saturated rings. The Morgan fingerprint density at radius 1 is 1.19 bits per heavy atom. The molecular weight excluding hydrogens is 256 g/mol. The summed E-state index contributed by atoms with van der Waals surface area (Å²) in [4.78, 5) is 4.55. The molecule has 1 atom stereocenters. The summed E-state index contributed by atoms with van der Waals surface area (Å²) in [5, 5.41) is 3.64. The van der Waals surface area contributed by atoms with E-state index in [9.17, 15) is 0 Å². The molecule has 0 radical (unpaired) electrons. The van der Waals surface area contributed by atoms with Crippen LogP contribution in [0.3, 0.4) is 0 Å². The van der Waals surface area contributed by atoms with Crippen LogP contribution in [-0.4, -0.2) is 11.5 Å². The zero-order valence-electron chi connectivity index (χ0n) is 12.8. The summed E-state index contributed by atoms with van der Waals surface area (Å²) >= 11 is 0. The van der Waals surface area contributed by atoms with Gasteiger partial charge in [-0.2, -0.15) is 0 Å². The molecular formula is C19H24N2. The van der Waals surface area contributed by atoms with Gasteiger partial charge in [0.1, 0.15) is 0 Å². The van der Waals surface area contributed by atoms with Gasteiger partial charge in [0.05, 0.1) is 11.7 Å². The summed E-state index contributed by atoms with van der Waals surface area (Å²) < 4.78 is 0. The normalized spacial score (nSPS) is 16.4. The van der Waals surface area contributed by atoms with Crippen molar-refractivity contribution in [3.63, 3.8) is 0 Å². The molecule has 2 nitrogen and oxygen atoms in total. The lowest BCUT2D eigenvalue weighted by molar-refractivity contribution is 0.419. The van der Waals surface area contributed by atoms with Crippen LogP contribution in [0.25, 0.3) is 0 Å². The van der Waals surface area contributed by atoms with E-state index in [0.29, 0.717) is 0 Å². The van der Waals surface area contributed by atoms with Crippen molar-refractivity contribution in [3.05, 3.63) is 65.5 Å². The third-order valence-corrected chi connectivity index (χ3v) is 4.40. The molecule has 1 N–H and O–H groups in total. The van der Waals surface area contributed by atoms with Crippen LogP contribution in [0.2, 0.25) is 0 Å². The van der Waals surface area contributed by atoms with Crippen LogP contribution in [0, 0.1) is 0 Å². The molecule has 1 heterocycles. The lowest BCUT2D eigenvalue weighted by Gasteiger charge is -2.27. The van der Waals surface area contributed by atoms with Crippen LogP contribution in [0.15, 0.2) is 48.7 Å². The maximum atomic E-state index is 4.55. The molecule has 1 unspecified atom stereocenters. The summed E-state index contributed by atoms with van der Waals surface area (Å²) in [5.74, 6) is 0.778. The first-order valence-electron chi connectivity index (χ1n) is 8.12. The van der Waals surface area contributed by atoms with Crippen molar-refractivity contribution in [2.24, 2.45) is 0 Å². The predicted octanol–water partition coefficient (Wildman–Crippen LogP) is 4.44. The minimum atomic E-state index is 0.200. The summed E-state index contributed by atoms with van der Waals surface area (Å²) in [6.45, 7) is 3.21. The fourth-order valence-electron chi connectivity index (χ4n) is 2.96. The SMILES string of the molecule is CCCNC(c1cccc(C2CCC2)c1)c1ccccn1. The Bertz CT molecular complexity index is 561. The first-order chi connectivity index (χ1) is 10.4. The number of hydrogen-bond donors (Lipinski definition) is 1. The van der Waals surface area contributed by atoms with Crippen molar-refractivity contribution in [2.45, 2.75) is 44.6 Å². The molecule has 21 heavy (non-hydrogen) atoms. The first-order valence-corrected chi connectivity index (χ1v) is 8.12. The van der Waals surface area contributed by atoms with E-state index in [1.165, 1.54) is 30.4 Å². The van der Waals surface area contributed by atoms with Crippen molar-refractivity contribution in [1.82, 2.24) is 10.3 Å². The predicted molar refractivity (Wildman–Crippen MR) is 87.4 cm³/mol. The molecule has 1 aliphatic carbocycles. The second-order valence-electron chi connectivity index (χ2n) is 5.94. The van der Waals surface area contributed by atoms with Gasteiger partial charge in [-0.25, -0.2) is 0 Å². The Hall–Kier alpha value is -1.67. The smallest absolute Gasteiger partial charge is 0.0751 e. The second-order valence-corrected chi connectivity index (χ2v) is 5.94. The van der Waals surface area contributed by atoms with E-state index in [1.54, 1.807) is 0 Å². The Labute approximate surface area is 127 Å². The summed E-state index contributed by atoms with van der Waals surface area (Å²) in [5.41, 5.74) is 3.95. The van der Waals surface area contributed by atoms with Gasteiger partial charge in [-0.15, -0.1) is 0 Å². The standard InChI is InChI=1S/C19H24N2/c1-2-12-21-19(18-11-3-4-13-20-18)17-10-6-9-16(14-17)15-7-5-8-15/h3-4,6,9-11,13-15,19,21H,2,5,7-8,12H2,1H3. The van der Waals surface area contributed by atoms with Crippen molar-refractivity contribution in [1.29, 1.82) is 0 Å². The molecule has 0 bridgehead atoms. The molecule has 1 aromatic heterocycles. The highest BCUT2D eigenvalue weighted by atomic mass is 14.9. The van der Waals surface area contributed by atoms with Gasteiger partial charge in [0.25, 0.3) is 0 Å². The Morgan fingerprint density at radius 3 is 2.76 bits per heavy atom. The van der Waals surface area contributed by atoms with E-state index in [2.05, 4.69) is 53.6 Å². The van der Waals surface area contributed by atoms with Crippen LogP contribution in [0.5, 0.6) is 0 Å². The third kappa shape index (κ3) is 3.33. The number of nitrogens with zero attached hydrogens (tertiary/aromatic N) is 1. The highest BCUT2D eigenvalue weighted by molar-refractivity contribution is 5.33. The maximum absolute atomic E-state index is 4.55. The van der Waals surface area contributed by atoms with Gasteiger partial charge in [-0.1, -0.05) is 43.7 Å². The molecule has 2 aromatic rings. The summed E-state index contributed by atoms with van der Waals surface area (Å²) in [6, 6.07) is 15.4. The molecule has 110 valence electrons. The van der Waals surface area contributed by atoms with Crippen LogP contribution in [0.4, 0.5) is 0 Å². The molecule has 0 saturated heterocycles. The van der Waals surface area contributed by atoms with Crippen molar-refractivity contribution >= 4 is 0 Å². The average Bonchev–Trinajstić information content (AvgIpc) is 2.47. The number of aromatic nitrogens is 1. The average molecular weight is 280 g/mol. The van der Waals surface area contributed by atoms with Crippen LogP contribution >= 0.6 is 0 Å².